The van der Waals surface area contributed by atoms with Gasteiger partial charge in [-0.1, -0.05) is 25.1 Å². The van der Waals surface area contributed by atoms with Gasteiger partial charge in [-0.2, -0.15) is 0 Å². The minimum absolute atomic E-state index is 0.294. The number of hydrogen-bond donors (Lipinski definition) is 0. The van der Waals surface area contributed by atoms with Crippen molar-refractivity contribution < 1.29 is 9.53 Å². The summed E-state index contributed by atoms with van der Waals surface area (Å²) in [4.78, 5) is 12.4. The van der Waals surface area contributed by atoms with Gasteiger partial charge in [-0.3, -0.25) is 4.79 Å². The molecule has 0 atom stereocenters. The highest BCUT2D eigenvalue weighted by molar-refractivity contribution is 8.22. The van der Waals surface area contributed by atoms with Gasteiger partial charge in [-0.15, -0.1) is 0 Å². The molecule has 0 bridgehead atoms. The predicted octanol–water partition coefficient (Wildman–Crippen LogP) is 4.01. The summed E-state index contributed by atoms with van der Waals surface area (Å²) < 4.78 is 5.81. The van der Waals surface area contributed by atoms with Crippen LogP contribution in [-0.2, 0) is 16.0 Å². The highest BCUT2D eigenvalue weighted by atomic mass is 32.2. The Balaban J connectivity index is 2.67. The van der Waals surface area contributed by atoms with E-state index in [1.165, 1.54) is 11.8 Å². The first kappa shape index (κ1) is 15.2. The Morgan fingerprint density at radius 3 is 2.72 bits per heavy atom. The van der Waals surface area contributed by atoms with Gasteiger partial charge in [0, 0.05) is 17.7 Å². The SMILES string of the molecule is CCOC(=S)Sc1ccccc1CCC(=O)CC. The van der Waals surface area contributed by atoms with Crippen molar-refractivity contribution in [2.45, 2.75) is 38.0 Å². The Morgan fingerprint density at radius 2 is 2.06 bits per heavy atom. The predicted molar refractivity (Wildman–Crippen MR) is 80.1 cm³/mol. The maximum absolute atomic E-state index is 11.4. The molecule has 0 spiro atoms. The highest BCUT2D eigenvalue weighted by Crippen LogP contribution is 2.25. The summed E-state index contributed by atoms with van der Waals surface area (Å²) in [6.07, 6.45) is 1.97. The number of thiocarbonyl (C=S) groups is 1. The summed E-state index contributed by atoms with van der Waals surface area (Å²) in [5.41, 5.74) is 1.16. The smallest absolute Gasteiger partial charge is 0.224 e. The Kier molecular flexibility index (Phi) is 6.98. The molecule has 2 nitrogen and oxygen atoms in total. The average molecular weight is 282 g/mol. The van der Waals surface area contributed by atoms with Gasteiger partial charge in [0.15, 0.2) is 0 Å². The van der Waals surface area contributed by atoms with E-state index in [-0.39, 0.29) is 0 Å². The van der Waals surface area contributed by atoms with Crippen molar-refractivity contribution in [2.75, 3.05) is 6.61 Å². The molecule has 98 valence electrons. The molecular weight excluding hydrogens is 264 g/mol. The third kappa shape index (κ3) is 5.19. The number of ketones is 1. The van der Waals surface area contributed by atoms with E-state index in [1.54, 1.807) is 0 Å². The fraction of sp³-hybridized carbons (Fsp3) is 0.429. The quantitative estimate of drug-likeness (QED) is 0.581. The van der Waals surface area contributed by atoms with Crippen LogP contribution in [0.2, 0.25) is 0 Å². The fourth-order valence-corrected chi connectivity index (χ4v) is 2.69. The molecule has 0 aromatic heterocycles. The Morgan fingerprint density at radius 1 is 1.33 bits per heavy atom. The van der Waals surface area contributed by atoms with Gasteiger partial charge in [0.25, 0.3) is 0 Å². The molecule has 0 aliphatic carbocycles. The molecule has 0 heterocycles. The number of Topliss-reactive ketones (excluding diaryl/α,β-unsaturated/α-hetero) is 1. The summed E-state index contributed by atoms with van der Waals surface area (Å²) in [5, 5.41) is 0. The lowest BCUT2D eigenvalue weighted by molar-refractivity contribution is -0.118. The van der Waals surface area contributed by atoms with E-state index in [2.05, 4.69) is 0 Å². The van der Waals surface area contributed by atoms with Crippen LogP contribution in [0.3, 0.4) is 0 Å². The van der Waals surface area contributed by atoms with Crippen molar-refractivity contribution in [1.82, 2.24) is 0 Å². The number of carbonyl (C=O) groups is 1. The lowest BCUT2D eigenvalue weighted by Gasteiger charge is -2.09. The van der Waals surface area contributed by atoms with Crippen molar-refractivity contribution in [3.8, 4) is 0 Å². The zero-order valence-corrected chi connectivity index (χ0v) is 12.4. The Hall–Kier alpha value is -0.870. The van der Waals surface area contributed by atoms with Crippen LogP contribution in [0.1, 0.15) is 32.3 Å². The molecule has 1 rings (SSSR count). The van der Waals surface area contributed by atoms with Crippen LogP contribution in [-0.4, -0.2) is 16.8 Å². The van der Waals surface area contributed by atoms with E-state index >= 15 is 0 Å². The molecule has 0 N–H and O–H groups in total. The average Bonchev–Trinajstić information content (AvgIpc) is 2.37. The zero-order chi connectivity index (χ0) is 13.4. The number of aryl methyl sites for hydroxylation is 1. The van der Waals surface area contributed by atoms with Crippen LogP contribution >= 0.6 is 24.0 Å². The van der Waals surface area contributed by atoms with Crippen LogP contribution in [0.4, 0.5) is 0 Å². The molecule has 0 amide bonds. The highest BCUT2D eigenvalue weighted by Gasteiger charge is 2.08. The molecule has 0 radical (unpaired) electrons. The van der Waals surface area contributed by atoms with E-state index < -0.39 is 0 Å². The van der Waals surface area contributed by atoms with Gasteiger partial charge in [0.2, 0.25) is 4.38 Å². The van der Waals surface area contributed by atoms with E-state index in [1.807, 2.05) is 38.1 Å². The van der Waals surface area contributed by atoms with Gasteiger partial charge in [0.1, 0.15) is 5.78 Å². The first-order valence-corrected chi connectivity index (χ1v) is 7.34. The van der Waals surface area contributed by atoms with E-state index in [0.717, 1.165) is 16.9 Å². The number of benzene rings is 1. The summed E-state index contributed by atoms with van der Waals surface area (Å²) in [6, 6.07) is 8.02. The zero-order valence-electron chi connectivity index (χ0n) is 10.8. The van der Waals surface area contributed by atoms with Gasteiger partial charge in [-0.05, 0) is 49.0 Å². The van der Waals surface area contributed by atoms with E-state index in [9.17, 15) is 4.79 Å². The van der Waals surface area contributed by atoms with Crippen LogP contribution in [0.25, 0.3) is 0 Å². The molecule has 0 aliphatic rings. The van der Waals surface area contributed by atoms with Crippen molar-refractivity contribution in [3.63, 3.8) is 0 Å². The van der Waals surface area contributed by atoms with Crippen molar-refractivity contribution >= 4 is 34.1 Å². The summed E-state index contributed by atoms with van der Waals surface area (Å²) in [5.74, 6) is 0.294. The van der Waals surface area contributed by atoms with E-state index in [0.29, 0.717) is 29.6 Å². The lowest BCUT2D eigenvalue weighted by Crippen LogP contribution is -2.00. The molecule has 18 heavy (non-hydrogen) atoms. The number of thioether (sulfide) groups is 1. The minimum atomic E-state index is 0.294. The van der Waals surface area contributed by atoms with Crippen molar-refractivity contribution in [3.05, 3.63) is 29.8 Å². The first-order valence-electron chi connectivity index (χ1n) is 6.11. The lowest BCUT2D eigenvalue weighted by atomic mass is 10.1. The molecule has 0 saturated heterocycles. The maximum Gasteiger partial charge on any atom is 0.224 e. The summed E-state index contributed by atoms with van der Waals surface area (Å²) in [6.45, 7) is 4.40. The third-order valence-electron chi connectivity index (χ3n) is 2.50. The summed E-state index contributed by atoms with van der Waals surface area (Å²) >= 11 is 6.58. The number of hydrogen-bond acceptors (Lipinski definition) is 4. The standard InChI is InChI=1S/C14H18O2S2/c1-3-12(15)10-9-11-7-5-6-8-13(11)18-14(17)16-4-2/h5-8H,3-4,9-10H2,1-2H3. The van der Waals surface area contributed by atoms with Crippen molar-refractivity contribution in [1.29, 1.82) is 0 Å². The minimum Gasteiger partial charge on any atom is -0.479 e. The van der Waals surface area contributed by atoms with Crippen LogP contribution in [0, 0.1) is 0 Å². The molecule has 0 saturated carbocycles. The van der Waals surface area contributed by atoms with Crippen LogP contribution in [0.15, 0.2) is 29.2 Å². The summed E-state index contributed by atoms with van der Waals surface area (Å²) in [7, 11) is 0. The number of carbonyl (C=O) groups excluding carboxylic acids is 1. The van der Waals surface area contributed by atoms with Crippen LogP contribution < -0.4 is 0 Å². The molecule has 4 heteroatoms. The van der Waals surface area contributed by atoms with E-state index in [4.69, 9.17) is 17.0 Å². The van der Waals surface area contributed by atoms with Gasteiger partial charge in [0.05, 0.1) is 6.61 Å². The van der Waals surface area contributed by atoms with Gasteiger partial charge >= 0.3 is 0 Å². The largest absolute Gasteiger partial charge is 0.479 e. The Bertz CT molecular complexity index is 416. The number of ether oxygens (including phenoxy) is 1. The second-order valence-corrected chi connectivity index (χ2v) is 5.43. The first-order chi connectivity index (χ1) is 8.67. The normalized spacial score (nSPS) is 10.1. The Labute approximate surface area is 118 Å². The molecule has 1 aromatic carbocycles. The third-order valence-corrected chi connectivity index (χ3v) is 3.77. The second-order valence-electron chi connectivity index (χ2n) is 3.79. The number of rotatable bonds is 6. The molecule has 0 aliphatic heterocycles. The molecular formula is C14H18O2S2. The topological polar surface area (TPSA) is 26.3 Å². The second kappa shape index (κ2) is 8.27. The molecule has 0 unspecified atom stereocenters. The monoisotopic (exact) mass is 282 g/mol. The molecule has 1 aromatic rings. The fourth-order valence-electron chi connectivity index (χ4n) is 1.50. The van der Waals surface area contributed by atoms with Crippen molar-refractivity contribution in [2.24, 2.45) is 0 Å². The van der Waals surface area contributed by atoms with Gasteiger partial charge in [-0.25, -0.2) is 0 Å². The molecule has 0 fully saturated rings. The maximum atomic E-state index is 11.4. The van der Waals surface area contributed by atoms with Crippen LogP contribution in [0.5, 0.6) is 0 Å². The van der Waals surface area contributed by atoms with Gasteiger partial charge < -0.3 is 4.74 Å².